The molecule has 0 fully saturated rings. The molecule has 0 aromatic carbocycles. The molecule has 0 aromatic heterocycles. The Morgan fingerprint density at radius 2 is 1.87 bits per heavy atom. The first-order valence-corrected chi connectivity index (χ1v) is 5.68. The van der Waals surface area contributed by atoms with Gasteiger partial charge in [0.1, 0.15) is 0 Å². The lowest BCUT2D eigenvalue weighted by Crippen LogP contribution is -2.42. The van der Waals surface area contributed by atoms with E-state index in [4.69, 9.17) is 4.74 Å². The van der Waals surface area contributed by atoms with E-state index >= 15 is 0 Å². The van der Waals surface area contributed by atoms with E-state index in [1.165, 1.54) is 0 Å². The van der Waals surface area contributed by atoms with Crippen LogP contribution >= 0.6 is 0 Å². The van der Waals surface area contributed by atoms with E-state index in [9.17, 15) is 9.90 Å². The predicted molar refractivity (Wildman–Crippen MR) is 60.9 cm³/mol. The Kier molecular flexibility index (Phi) is 5.88. The lowest BCUT2D eigenvalue weighted by Gasteiger charge is -2.34. The number of hydrogen-bond acceptors (Lipinski definition) is 2. The number of carboxylic acid groups (broad SMARTS) is 1. The van der Waals surface area contributed by atoms with E-state index in [-0.39, 0.29) is 5.92 Å². The first kappa shape index (κ1) is 14.4. The fraction of sp³-hybridized carbons (Fsp3) is 0.917. The Labute approximate surface area is 92.8 Å². The molecule has 0 aliphatic heterocycles. The number of hydrogen-bond donors (Lipinski definition) is 1. The molecule has 0 aliphatic carbocycles. The summed E-state index contributed by atoms with van der Waals surface area (Å²) in [7, 11) is 0. The molecular weight excluding hydrogens is 192 g/mol. The predicted octanol–water partition coefficient (Wildman–Crippen LogP) is 2.80. The van der Waals surface area contributed by atoms with Crippen LogP contribution in [0.25, 0.3) is 0 Å². The molecule has 0 bridgehead atoms. The summed E-state index contributed by atoms with van der Waals surface area (Å²) in [5.41, 5.74) is -0.732. The lowest BCUT2D eigenvalue weighted by molar-refractivity contribution is -0.158. The second-order valence-electron chi connectivity index (χ2n) is 4.85. The summed E-state index contributed by atoms with van der Waals surface area (Å²) in [5.74, 6) is -0.285. The molecule has 0 radical (unpaired) electrons. The van der Waals surface area contributed by atoms with Gasteiger partial charge in [-0.05, 0) is 25.2 Å². The lowest BCUT2D eigenvalue weighted by atomic mass is 9.72. The van der Waals surface area contributed by atoms with Crippen molar-refractivity contribution >= 4 is 5.97 Å². The van der Waals surface area contributed by atoms with E-state index in [0.29, 0.717) is 25.6 Å². The number of rotatable bonds is 7. The molecule has 90 valence electrons. The molecule has 0 rings (SSSR count). The number of ether oxygens (including phenoxy) is 1. The highest BCUT2D eigenvalue weighted by molar-refractivity contribution is 5.75. The zero-order chi connectivity index (χ0) is 12.1. The summed E-state index contributed by atoms with van der Waals surface area (Å²) < 4.78 is 5.34. The van der Waals surface area contributed by atoms with Gasteiger partial charge in [-0.3, -0.25) is 4.79 Å². The van der Waals surface area contributed by atoms with Gasteiger partial charge in [0.05, 0.1) is 12.0 Å². The van der Waals surface area contributed by atoms with Crippen molar-refractivity contribution in [3.05, 3.63) is 0 Å². The largest absolute Gasteiger partial charge is 0.481 e. The summed E-state index contributed by atoms with van der Waals surface area (Å²) in [5, 5.41) is 9.39. The van der Waals surface area contributed by atoms with Crippen molar-refractivity contribution in [1.29, 1.82) is 0 Å². The summed E-state index contributed by atoms with van der Waals surface area (Å²) in [6.45, 7) is 10.8. The van der Waals surface area contributed by atoms with Gasteiger partial charge in [-0.15, -0.1) is 0 Å². The van der Waals surface area contributed by atoms with Crippen molar-refractivity contribution in [2.45, 2.75) is 41.0 Å². The second-order valence-corrected chi connectivity index (χ2v) is 4.85. The van der Waals surface area contributed by atoms with E-state index in [1.54, 1.807) is 0 Å². The molecule has 1 N–H and O–H groups in total. The van der Waals surface area contributed by atoms with Gasteiger partial charge in [0.25, 0.3) is 0 Å². The molecule has 3 nitrogen and oxygen atoms in total. The Morgan fingerprint density at radius 3 is 2.13 bits per heavy atom. The van der Waals surface area contributed by atoms with Gasteiger partial charge in [0.15, 0.2) is 0 Å². The van der Waals surface area contributed by atoms with Crippen molar-refractivity contribution in [3.63, 3.8) is 0 Å². The van der Waals surface area contributed by atoms with Crippen molar-refractivity contribution in [1.82, 2.24) is 0 Å². The van der Waals surface area contributed by atoms with Crippen molar-refractivity contribution < 1.29 is 14.6 Å². The molecule has 0 saturated heterocycles. The second kappa shape index (κ2) is 6.11. The molecule has 0 saturated carbocycles. The average Bonchev–Trinajstić information content (AvgIpc) is 2.10. The van der Waals surface area contributed by atoms with Crippen LogP contribution < -0.4 is 0 Å². The standard InChI is InChI=1S/C12H24O3/c1-6-15-8-12(10(4)5,11(13)14)7-9(2)3/h9-10H,6-8H2,1-5H3,(H,13,14). The van der Waals surface area contributed by atoms with E-state index in [2.05, 4.69) is 0 Å². The van der Waals surface area contributed by atoms with Crippen molar-refractivity contribution in [2.24, 2.45) is 17.3 Å². The van der Waals surface area contributed by atoms with Crippen LogP contribution in [0.2, 0.25) is 0 Å². The third kappa shape index (κ3) is 3.82. The van der Waals surface area contributed by atoms with Gasteiger partial charge in [-0.2, -0.15) is 0 Å². The van der Waals surface area contributed by atoms with Crippen LogP contribution in [0.5, 0.6) is 0 Å². The van der Waals surface area contributed by atoms with Gasteiger partial charge in [0, 0.05) is 6.61 Å². The van der Waals surface area contributed by atoms with Gasteiger partial charge in [-0.25, -0.2) is 0 Å². The Balaban J connectivity index is 4.81. The minimum Gasteiger partial charge on any atom is -0.481 e. The average molecular weight is 216 g/mol. The van der Waals surface area contributed by atoms with Crippen LogP contribution in [0.3, 0.4) is 0 Å². The molecule has 0 spiro atoms. The molecule has 15 heavy (non-hydrogen) atoms. The summed E-state index contributed by atoms with van der Waals surface area (Å²) in [6, 6.07) is 0. The normalized spacial score (nSPS) is 15.7. The van der Waals surface area contributed by atoms with Gasteiger partial charge in [-0.1, -0.05) is 27.7 Å². The highest BCUT2D eigenvalue weighted by Crippen LogP contribution is 2.35. The Morgan fingerprint density at radius 1 is 1.33 bits per heavy atom. The highest BCUT2D eigenvalue weighted by atomic mass is 16.5. The van der Waals surface area contributed by atoms with E-state index in [0.717, 1.165) is 0 Å². The van der Waals surface area contributed by atoms with Crippen LogP contribution in [0.1, 0.15) is 41.0 Å². The van der Waals surface area contributed by atoms with Crippen LogP contribution in [-0.4, -0.2) is 24.3 Å². The molecule has 0 heterocycles. The first-order valence-electron chi connectivity index (χ1n) is 5.68. The smallest absolute Gasteiger partial charge is 0.312 e. The molecule has 0 aromatic rings. The third-order valence-electron chi connectivity index (χ3n) is 2.87. The number of aliphatic carboxylic acids is 1. The first-order chi connectivity index (χ1) is 6.86. The zero-order valence-electron chi connectivity index (χ0n) is 10.5. The summed E-state index contributed by atoms with van der Waals surface area (Å²) in [6.07, 6.45) is 0.667. The fourth-order valence-corrected chi connectivity index (χ4v) is 1.87. The number of carboxylic acids is 1. The maximum atomic E-state index is 11.4. The topological polar surface area (TPSA) is 46.5 Å². The minimum absolute atomic E-state index is 0.0870. The monoisotopic (exact) mass is 216 g/mol. The van der Waals surface area contributed by atoms with E-state index in [1.807, 2.05) is 34.6 Å². The van der Waals surface area contributed by atoms with E-state index < -0.39 is 11.4 Å². The van der Waals surface area contributed by atoms with Crippen LogP contribution in [0, 0.1) is 17.3 Å². The fourth-order valence-electron chi connectivity index (χ4n) is 1.87. The molecule has 1 unspecified atom stereocenters. The van der Waals surface area contributed by atoms with Crippen LogP contribution in [-0.2, 0) is 9.53 Å². The van der Waals surface area contributed by atoms with Crippen molar-refractivity contribution in [3.8, 4) is 0 Å². The van der Waals surface area contributed by atoms with Crippen LogP contribution in [0.15, 0.2) is 0 Å². The number of carbonyl (C=O) groups is 1. The highest BCUT2D eigenvalue weighted by Gasteiger charge is 2.42. The van der Waals surface area contributed by atoms with Gasteiger partial charge >= 0.3 is 5.97 Å². The zero-order valence-corrected chi connectivity index (χ0v) is 10.5. The molecule has 1 atom stereocenters. The van der Waals surface area contributed by atoms with Crippen molar-refractivity contribution in [2.75, 3.05) is 13.2 Å². The Bertz CT molecular complexity index is 199. The molecule has 0 aliphatic rings. The van der Waals surface area contributed by atoms with Crippen LogP contribution in [0.4, 0.5) is 0 Å². The maximum absolute atomic E-state index is 11.4. The summed E-state index contributed by atoms with van der Waals surface area (Å²) >= 11 is 0. The quantitative estimate of drug-likeness (QED) is 0.711. The Hall–Kier alpha value is -0.570. The molecule has 3 heteroatoms. The van der Waals surface area contributed by atoms with Gasteiger partial charge in [0.2, 0.25) is 0 Å². The maximum Gasteiger partial charge on any atom is 0.312 e. The molecular formula is C12H24O3. The minimum atomic E-state index is -0.736. The SMILES string of the molecule is CCOCC(CC(C)C)(C(=O)O)C(C)C. The molecule has 0 amide bonds. The summed E-state index contributed by atoms with van der Waals surface area (Å²) in [4.78, 5) is 11.4. The van der Waals surface area contributed by atoms with Gasteiger partial charge < -0.3 is 9.84 Å². The third-order valence-corrected chi connectivity index (χ3v) is 2.87.